The third kappa shape index (κ3) is 13.7. The highest BCUT2D eigenvalue weighted by Gasteiger charge is 2.33. The molecule has 1 aliphatic carbocycles. The lowest BCUT2D eigenvalue weighted by atomic mass is 9.95. The molecule has 1 aromatic carbocycles. The van der Waals surface area contributed by atoms with Crippen molar-refractivity contribution in [3.05, 3.63) is 35.9 Å². The van der Waals surface area contributed by atoms with E-state index in [1.165, 1.54) is 6.92 Å². The van der Waals surface area contributed by atoms with Gasteiger partial charge < -0.3 is 26.2 Å². The first-order valence-electron chi connectivity index (χ1n) is 15.9. The van der Waals surface area contributed by atoms with Crippen molar-refractivity contribution in [2.24, 2.45) is 11.8 Å². The summed E-state index contributed by atoms with van der Waals surface area (Å²) < 4.78 is 0. The quantitative estimate of drug-likeness (QED) is 0.151. The predicted octanol–water partition coefficient (Wildman–Crippen LogP) is 3.09. The Morgan fingerprint density at radius 2 is 1.58 bits per heavy atom. The molecule has 2 rings (SSSR count). The van der Waals surface area contributed by atoms with Gasteiger partial charge in [-0.05, 0) is 50.0 Å². The average molecular weight is 600 g/mol. The van der Waals surface area contributed by atoms with E-state index in [1.54, 1.807) is 4.90 Å². The number of carbonyl (C=O) groups is 5. The number of nitrogens with one attached hydrogen (secondary N) is 4. The van der Waals surface area contributed by atoms with E-state index < -0.39 is 29.7 Å². The molecule has 0 radical (unpaired) electrons. The highest BCUT2D eigenvalue weighted by Crippen LogP contribution is 2.18. The summed E-state index contributed by atoms with van der Waals surface area (Å²) >= 11 is 0. The van der Waals surface area contributed by atoms with Gasteiger partial charge in [-0.2, -0.15) is 0 Å². The molecule has 1 saturated carbocycles. The number of benzene rings is 1. The Morgan fingerprint density at radius 1 is 0.907 bits per heavy atom. The minimum Gasteiger partial charge on any atom is -0.352 e. The predicted molar refractivity (Wildman–Crippen MR) is 168 cm³/mol. The lowest BCUT2D eigenvalue weighted by molar-refractivity contribution is -0.143. The molecule has 0 aromatic heterocycles. The molecule has 10 heteroatoms. The van der Waals surface area contributed by atoms with Crippen molar-refractivity contribution < 1.29 is 24.0 Å². The molecule has 1 aromatic rings. The minimum atomic E-state index is -1.01. The second kappa shape index (κ2) is 19.1. The number of Topliss-reactive ketones (excluding diaryl/α,β-unsaturated/α-hetero) is 1. The molecule has 0 saturated heterocycles. The second-order valence-electron chi connectivity index (χ2n) is 12.5. The van der Waals surface area contributed by atoms with Crippen LogP contribution in [0.4, 0.5) is 0 Å². The highest BCUT2D eigenvalue weighted by atomic mass is 16.2. The monoisotopic (exact) mass is 599 g/mol. The standard InChI is InChI=1S/C33H53N5O5/c1-23(2)17-19-38(30(40)22-34-18-16-29(39)35-21-26-12-8-6-9-13-26)28(20-24(3)4)32(42)36-25(5)31(41)33(43)37-27-14-10-7-11-15-27/h6,8-9,12-13,23-25,27-28,34H,7,10-11,14-22H2,1-5H3,(H,35,39)(H,36,42)(H,37,43). The molecule has 1 aliphatic rings. The largest absolute Gasteiger partial charge is 0.352 e. The maximum atomic E-state index is 13.5. The van der Waals surface area contributed by atoms with Crippen LogP contribution in [0.25, 0.3) is 0 Å². The van der Waals surface area contributed by atoms with E-state index >= 15 is 0 Å². The van der Waals surface area contributed by atoms with Crippen molar-refractivity contribution in [1.82, 2.24) is 26.2 Å². The third-order valence-corrected chi connectivity index (χ3v) is 7.70. The Balaban J connectivity index is 1.97. The smallest absolute Gasteiger partial charge is 0.289 e. The van der Waals surface area contributed by atoms with Crippen LogP contribution in [0.15, 0.2) is 30.3 Å². The van der Waals surface area contributed by atoms with Crippen LogP contribution in [0.5, 0.6) is 0 Å². The van der Waals surface area contributed by atoms with Crippen molar-refractivity contribution in [2.45, 2.75) is 111 Å². The van der Waals surface area contributed by atoms with Gasteiger partial charge in [0.05, 0.1) is 12.6 Å². The van der Waals surface area contributed by atoms with Gasteiger partial charge in [0.25, 0.3) is 5.91 Å². The SMILES string of the molecule is CC(C)CCN(C(=O)CNCCC(=O)NCc1ccccc1)C(CC(C)C)C(=O)NC(C)C(=O)C(=O)NC1CCCCC1. The van der Waals surface area contributed by atoms with Gasteiger partial charge in [0, 0.05) is 32.1 Å². The number of carbonyl (C=O) groups excluding carboxylic acids is 5. The molecule has 2 atom stereocenters. The summed E-state index contributed by atoms with van der Waals surface area (Å²) in [6.07, 6.45) is 6.23. The van der Waals surface area contributed by atoms with Crippen molar-refractivity contribution in [1.29, 1.82) is 0 Å². The van der Waals surface area contributed by atoms with Gasteiger partial charge in [0.1, 0.15) is 6.04 Å². The molecule has 4 N–H and O–H groups in total. The molecule has 0 bridgehead atoms. The Morgan fingerprint density at radius 3 is 2.21 bits per heavy atom. The van der Waals surface area contributed by atoms with Crippen LogP contribution in [0.2, 0.25) is 0 Å². The molecule has 10 nitrogen and oxygen atoms in total. The van der Waals surface area contributed by atoms with E-state index in [2.05, 4.69) is 35.1 Å². The van der Waals surface area contributed by atoms with E-state index in [0.29, 0.717) is 38.4 Å². The summed E-state index contributed by atoms with van der Waals surface area (Å²) in [4.78, 5) is 66.2. The van der Waals surface area contributed by atoms with Gasteiger partial charge >= 0.3 is 0 Å². The summed E-state index contributed by atoms with van der Waals surface area (Å²) in [5.41, 5.74) is 1.01. The molecule has 43 heavy (non-hydrogen) atoms. The molecule has 240 valence electrons. The zero-order valence-electron chi connectivity index (χ0n) is 26.7. The van der Waals surface area contributed by atoms with Crippen LogP contribution in [0.3, 0.4) is 0 Å². The van der Waals surface area contributed by atoms with E-state index in [4.69, 9.17) is 0 Å². The molecule has 2 unspecified atom stereocenters. The van der Waals surface area contributed by atoms with E-state index in [-0.39, 0.29) is 36.7 Å². The average Bonchev–Trinajstić information content (AvgIpc) is 2.98. The summed E-state index contributed by atoms with van der Waals surface area (Å²) in [5, 5.41) is 11.5. The zero-order valence-corrected chi connectivity index (χ0v) is 26.7. The van der Waals surface area contributed by atoms with E-state index in [0.717, 1.165) is 37.7 Å². The van der Waals surface area contributed by atoms with Crippen LogP contribution < -0.4 is 21.3 Å². The Hall–Kier alpha value is -3.27. The molecule has 0 aliphatic heterocycles. The summed E-state index contributed by atoms with van der Waals surface area (Å²) in [6, 6.07) is 7.82. The maximum absolute atomic E-state index is 13.5. The number of rotatable bonds is 18. The lowest BCUT2D eigenvalue weighted by Crippen LogP contribution is -2.56. The van der Waals surface area contributed by atoms with Crippen LogP contribution >= 0.6 is 0 Å². The van der Waals surface area contributed by atoms with Gasteiger partial charge in [-0.25, -0.2) is 0 Å². The Labute approximate surface area is 257 Å². The van der Waals surface area contributed by atoms with E-state index in [9.17, 15) is 24.0 Å². The summed E-state index contributed by atoms with van der Waals surface area (Å²) in [6.45, 7) is 10.7. The lowest BCUT2D eigenvalue weighted by Gasteiger charge is -2.33. The zero-order chi connectivity index (χ0) is 31.8. The minimum absolute atomic E-state index is 0.00613. The maximum Gasteiger partial charge on any atom is 0.289 e. The van der Waals surface area contributed by atoms with Crippen LogP contribution in [0, 0.1) is 11.8 Å². The first-order chi connectivity index (χ1) is 20.5. The van der Waals surface area contributed by atoms with Crippen molar-refractivity contribution >= 4 is 29.4 Å². The van der Waals surface area contributed by atoms with Crippen LogP contribution in [0.1, 0.15) is 91.5 Å². The highest BCUT2D eigenvalue weighted by molar-refractivity contribution is 6.38. The molecule has 4 amide bonds. The first kappa shape index (κ1) is 35.9. The first-order valence-corrected chi connectivity index (χ1v) is 15.9. The van der Waals surface area contributed by atoms with Gasteiger partial charge in [0.15, 0.2) is 0 Å². The molecule has 0 heterocycles. The summed E-state index contributed by atoms with van der Waals surface area (Å²) in [7, 11) is 0. The van der Waals surface area contributed by atoms with E-state index in [1.807, 2.05) is 44.2 Å². The fourth-order valence-electron chi connectivity index (χ4n) is 5.13. The number of nitrogens with zero attached hydrogens (tertiary/aromatic N) is 1. The molecular formula is C33H53N5O5. The van der Waals surface area contributed by atoms with Crippen molar-refractivity contribution in [3.63, 3.8) is 0 Å². The van der Waals surface area contributed by atoms with Gasteiger partial charge in [-0.3, -0.25) is 24.0 Å². The molecular weight excluding hydrogens is 546 g/mol. The van der Waals surface area contributed by atoms with Gasteiger partial charge in [-0.1, -0.05) is 77.3 Å². The van der Waals surface area contributed by atoms with Crippen molar-refractivity contribution in [3.8, 4) is 0 Å². The van der Waals surface area contributed by atoms with Crippen LogP contribution in [-0.4, -0.2) is 72.1 Å². The fourth-order valence-corrected chi connectivity index (χ4v) is 5.13. The Kier molecular flexibility index (Phi) is 16.0. The topological polar surface area (TPSA) is 137 Å². The Bertz CT molecular complexity index is 1040. The van der Waals surface area contributed by atoms with Gasteiger partial charge in [0.2, 0.25) is 23.5 Å². The normalized spacial score (nSPS) is 15.0. The molecule has 0 spiro atoms. The van der Waals surface area contributed by atoms with Crippen molar-refractivity contribution in [2.75, 3.05) is 19.6 Å². The number of ketones is 1. The fraction of sp³-hybridized carbons (Fsp3) is 0.667. The third-order valence-electron chi connectivity index (χ3n) is 7.70. The summed E-state index contributed by atoms with van der Waals surface area (Å²) in [5.74, 6) is -1.77. The molecule has 1 fully saturated rings. The number of hydrogen-bond acceptors (Lipinski definition) is 6. The van der Waals surface area contributed by atoms with Crippen LogP contribution in [-0.2, 0) is 30.5 Å². The van der Waals surface area contributed by atoms with Gasteiger partial charge in [-0.15, -0.1) is 0 Å². The number of amides is 4. The second-order valence-corrected chi connectivity index (χ2v) is 12.5. The number of hydrogen-bond donors (Lipinski definition) is 4.